The Morgan fingerprint density at radius 1 is 1.39 bits per heavy atom. The number of nitrogens with zero attached hydrogens (tertiary/aromatic N) is 4. The van der Waals surface area contributed by atoms with E-state index in [9.17, 15) is 13.6 Å². The van der Waals surface area contributed by atoms with Crippen LogP contribution >= 0.6 is 0 Å². The summed E-state index contributed by atoms with van der Waals surface area (Å²) in [4.78, 5) is 13.1. The Labute approximate surface area is 135 Å². The summed E-state index contributed by atoms with van der Waals surface area (Å²) < 4.78 is 28.8. The summed E-state index contributed by atoms with van der Waals surface area (Å²) in [5.74, 6) is -0.0250. The average Bonchev–Trinajstić information content (AvgIpc) is 3.17. The summed E-state index contributed by atoms with van der Waals surface area (Å²) in [5.41, 5.74) is 1.51. The van der Waals surface area contributed by atoms with Gasteiger partial charge in [-0.3, -0.25) is 9.00 Å². The summed E-state index contributed by atoms with van der Waals surface area (Å²) in [6, 6.07) is 7.05. The highest BCUT2D eigenvalue weighted by molar-refractivity contribution is 7.78. The number of carbonyl (C=O) groups excluding carboxylic acids is 1. The molecule has 0 N–H and O–H groups in total. The lowest BCUT2D eigenvalue weighted by Crippen LogP contribution is -2.31. The predicted octanol–water partition coefficient (Wildman–Crippen LogP) is 0.0876. The molecule has 2 aromatic rings. The van der Waals surface area contributed by atoms with Gasteiger partial charge in [-0.05, 0) is 17.7 Å². The molecule has 9 heteroatoms. The summed E-state index contributed by atoms with van der Waals surface area (Å²) in [5, 5.41) is 7.63. The van der Waals surface area contributed by atoms with Gasteiger partial charge in [-0.25, -0.2) is 4.68 Å². The summed E-state index contributed by atoms with van der Waals surface area (Å²) in [6.07, 6.45) is 3.23. The van der Waals surface area contributed by atoms with Crippen molar-refractivity contribution in [1.82, 2.24) is 15.0 Å². The van der Waals surface area contributed by atoms with Crippen LogP contribution in [0.3, 0.4) is 0 Å². The fraction of sp³-hybridized carbons (Fsp3) is 0.357. The molecule has 0 radical (unpaired) electrons. The Hall–Kier alpha value is -2.10. The molecule has 23 heavy (non-hydrogen) atoms. The molecule has 0 aliphatic carbocycles. The lowest BCUT2D eigenvalue weighted by molar-refractivity contribution is -0.117. The molecule has 0 spiro atoms. The Kier molecular flexibility index (Phi) is 4.79. The number of aromatic nitrogens is 3. The van der Waals surface area contributed by atoms with Crippen molar-refractivity contribution in [3.8, 4) is 0 Å². The van der Waals surface area contributed by atoms with E-state index in [0.29, 0.717) is 18.7 Å². The van der Waals surface area contributed by atoms with E-state index in [4.69, 9.17) is 4.74 Å². The second kappa shape index (κ2) is 6.99. The van der Waals surface area contributed by atoms with E-state index in [0.717, 1.165) is 12.0 Å². The fourth-order valence-electron chi connectivity index (χ4n) is 2.55. The molecule has 1 aliphatic heterocycles. The normalized spacial score (nSPS) is 22.2. The number of hydrogen-bond acceptors (Lipinski definition) is 7. The molecule has 1 aromatic carbocycles. The minimum atomic E-state index is -2.12. The van der Waals surface area contributed by atoms with Gasteiger partial charge in [0.1, 0.15) is 0 Å². The van der Waals surface area contributed by atoms with E-state index in [-0.39, 0.29) is 11.9 Å². The molecule has 1 fully saturated rings. The largest absolute Gasteiger partial charge is 0.772 e. The third-order valence-electron chi connectivity index (χ3n) is 3.57. The molecule has 0 saturated carbocycles. The van der Waals surface area contributed by atoms with Crippen LogP contribution in [0.1, 0.15) is 5.56 Å². The molecule has 2 unspecified atom stereocenters. The highest BCUT2D eigenvalue weighted by Gasteiger charge is 2.33. The molecule has 3 atom stereocenters. The molecular formula is C14H15N4O4S-. The molecule has 1 aliphatic rings. The van der Waals surface area contributed by atoms with Gasteiger partial charge in [0.05, 0.1) is 18.8 Å². The van der Waals surface area contributed by atoms with Crippen LogP contribution in [0.25, 0.3) is 0 Å². The summed E-state index contributed by atoms with van der Waals surface area (Å²) in [7, 11) is 0. The third kappa shape index (κ3) is 3.81. The van der Waals surface area contributed by atoms with Crippen molar-refractivity contribution in [3.63, 3.8) is 0 Å². The van der Waals surface area contributed by atoms with Crippen molar-refractivity contribution in [1.29, 1.82) is 0 Å². The van der Waals surface area contributed by atoms with Gasteiger partial charge >= 0.3 is 0 Å². The molecule has 3 rings (SSSR count). The summed E-state index contributed by atoms with van der Waals surface area (Å²) in [6.45, 7) is 1.05. The monoisotopic (exact) mass is 335 g/mol. The average molecular weight is 335 g/mol. The SMILES string of the molecule is O=CC1O[C@@H](Cn2ccnn2)CN1c1ccc(CS(=O)[O-])cc1. The van der Waals surface area contributed by atoms with Gasteiger partial charge in [0, 0.05) is 24.2 Å². The van der Waals surface area contributed by atoms with Gasteiger partial charge in [-0.1, -0.05) is 28.4 Å². The number of carbonyl (C=O) groups is 1. The molecule has 8 nitrogen and oxygen atoms in total. The first-order valence-corrected chi connectivity index (χ1v) is 8.26. The van der Waals surface area contributed by atoms with Gasteiger partial charge < -0.3 is 14.2 Å². The Balaban J connectivity index is 1.70. The Morgan fingerprint density at radius 2 is 2.17 bits per heavy atom. The number of anilines is 1. The van der Waals surface area contributed by atoms with E-state index in [1.807, 2.05) is 4.90 Å². The van der Waals surface area contributed by atoms with Crippen molar-refractivity contribution in [3.05, 3.63) is 42.2 Å². The zero-order chi connectivity index (χ0) is 16.2. The number of ether oxygens (including phenoxy) is 1. The minimum absolute atomic E-state index is 0.0250. The van der Waals surface area contributed by atoms with Crippen molar-refractivity contribution in [2.45, 2.75) is 24.6 Å². The molecule has 1 saturated heterocycles. The quantitative estimate of drug-likeness (QED) is 0.544. The number of hydrogen-bond donors (Lipinski definition) is 0. The molecule has 0 amide bonds. The second-order valence-corrected chi connectivity index (χ2v) is 6.07. The number of aldehydes is 1. The summed E-state index contributed by atoms with van der Waals surface area (Å²) >= 11 is -2.12. The maximum Gasteiger partial charge on any atom is 0.187 e. The highest BCUT2D eigenvalue weighted by atomic mass is 32.2. The molecule has 2 heterocycles. The molecular weight excluding hydrogens is 320 g/mol. The topological polar surface area (TPSA) is 100 Å². The van der Waals surface area contributed by atoms with Crippen LogP contribution in [-0.4, -0.2) is 48.9 Å². The van der Waals surface area contributed by atoms with Gasteiger partial charge in [0.25, 0.3) is 0 Å². The Morgan fingerprint density at radius 3 is 2.78 bits per heavy atom. The minimum Gasteiger partial charge on any atom is -0.772 e. The smallest absolute Gasteiger partial charge is 0.187 e. The highest BCUT2D eigenvalue weighted by Crippen LogP contribution is 2.25. The third-order valence-corrected chi connectivity index (χ3v) is 4.14. The molecule has 0 bridgehead atoms. The zero-order valence-electron chi connectivity index (χ0n) is 12.1. The van der Waals surface area contributed by atoms with E-state index < -0.39 is 17.3 Å². The van der Waals surface area contributed by atoms with Crippen LogP contribution < -0.4 is 4.90 Å². The van der Waals surface area contributed by atoms with E-state index >= 15 is 0 Å². The second-order valence-electron chi connectivity index (χ2n) is 5.18. The van der Waals surface area contributed by atoms with Crippen LogP contribution in [0, 0.1) is 0 Å². The molecule has 122 valence electrons. The number of rotatable bonds is 6. The van der Waals surface area contributed by atoms with Gasteiger partial charge in [-0.2, -0.15) is 0 Å². The first-order valence-electron chi connectivity index (χ1n) is 7.02. The first kappa shape index (κ1) is 15.8. The van der Waals surface area contributed by atoms with E-state index in [2.05, 4.69) is 10.3 Å². The van der Waals surface area contributed by atoms with Gasteiger partial charge in [0.15, 0.2) is 12.5 Å². The van der Waals surface area contributed by atoms with E-state index in [1.54, 1.807) is 41.3 Å². The van der Waals surface area contributed by atoms with Crippen molar-refractivity contribution in [2.75, 3.05) is 11.4 Å². The van der Waals surface area contributed by atoms with Crippen molar-refractivity contribution >= 4 is 23.1 Å². The Bertz CT molecular complexity index is 677. The maximum atomic E-state index is 11.3. The van der Waals surface area contributed by atoms with Gasteiger partial charge in [-0.15, -0.1) is 5.10 Å². The van der Waals surface area contributed by atoms with E-state index in [1.165, 1.54) is 0 Å². The van der Waals surface area contributed by atoms with Crippen LogP contribution in [0.2, 0.25) is 0 Å². The standard InChI is InChI=1S/C14H16N4O4S/c19-9-14-18(8-13(22-14)7-17-6-5-15-16-17)12-3-1-11(2-4-12)10-23(20)21/h1-6,9,13-14H,7-8,10H2,(H,20,21)/p-1/t13-,14?/m0/s1. The predicted molar refractivity (Wildman–Crippen MR) is 81.2 cm³/mol. The lowest BCUT2D eigenvalue weighted by atomic mass is 10.2. The number of benzene rings is 1. The van der Waals surface area contributed by atoms with Crippen LogP contribution in [-0.2, 0) is 32.9 Å². The van der Waals surface area contributed by atoms with Crippen LogP contribution in [0.15, 0.2) is 36.7 Å². The lowest BCUT2D eigenvalue weighted by Gasteiger charge is -2.21. The zero-order valence-corrected chi connectivity index (χ0v) is 13.0. The van der Waals surface area contributed by atoms with Crippen molar-refractivity contribution < 1.29 is 18.3 Å². The maximum absolute atomic E-state index is 11.3. The van der Waals surface area contributed by atoms with Crippen molar-refractivity contribution in [2.24, 2.45) is 0 Å². The molecule has 1 aromatic heterocycles. The first-order chi connectivity index (χ1) is 11.2. The van der Waals surface area contributed by atoms with Crippen LogP contribution in [0.4, 0.5) is 5.69 Å². The van der Waals surface area contributed by atoms with Crippen LogP contribution in [0.5, 0.6) is 0 Å². The fourth-order valence-corrected chi connectivity index (χ4v) is 3.02. The van der Waals surface area contributed by atoms with Gasteiger partial charge in [0.2, 0.25) is 0 Å².